The number of thiazole rings is 1. The van der Waals surface area contributed by atoms with E-state index >= 15 is 0 Å². The van der Waals surface area contributed by atoms with Crippen LogP contribution in [0.4, 0.5) is 4.39 Å². The Labute approximate surface area is 161 Å². The van der Waals surface area contributed by atoms with Gasteiger partial charge in [0.15, 0.2) is 0 Å². The molecule has 2 aromatic rings. The zero-order chi connectivity index (χ0) is 19.3. The second-order valence-corrected chi connectivity index (χ2v) is 8.93. The van der Waals surface area contributed by atoms with E-state index in [1.165, 1.54) is 23.5 Å². The molecule has 1 aromatic carbocycles. The summed E-state index contributed by atoms with van der Waals surface area (Å²) in [6.07, 6.45) is 1.93. The van der Waals surface area contributed by atoms with Crippen LogP contribution in [0.25, 0.3) is 10.4 Å². The Bertz CT molecular complexity index is 895. The predicted molar refractivity (Wildman–Crippen MR) is 102 cm³/mol. The van der Waals surface area contributed by atoms with Gasteiger partial charge in [-0.05, 0) is 55.2 Å². The van der Waals surface area contributed by atoms with Crippen molar-refractivity contribution in [2.45, 2.75) is 32.7 Å². The highest BCUT2D eigenvalue weighted by Crippen LogP contribution is 2.45. The van der Waals surface area contributed by atoms with Crippen LogP contribution in [0.15, 0.2) is 24.3 Å². The average Bonchev–Trinajstić information content (AvgIpc) is 3.26. The van der Waals surface area contributed by atoms with E-state index in [1.54, 1.807) is 17.0 Å². The van der Waals surface area contributed by atoms with Crippen molar-refractivity contribution in [2.24, 2.45) is 23.5 Å². The summed E-state index contributed by atoms with van der Waals surface area (Å²) in [5, 5.41) is 0.751. The molecule has 2 amide bonds. The molecule has 2 aliphatic rings. The van der Waals surface area contributed by atoms with E-state index in [0.717, 1.165) is 23.4 Å². The van der Waals surface area contributed by atoms with Gasteiger partial charge >= 0.3 is 0 Å². The number of hydrogen-bond donors (Lipinski definition) is 1. The Morgan fingerprint density at radius 2 is 1.96 bits per heavy atom. The molecule has 2 N–H and O–H groups in total. The Kier molecular flexibility index (Phi) is 4.50. The first-order valence-electron chi connectivity index (χ1n) is 9.18. The third-order valence-electron chi connectivity index (χ3n) is 5.75. The maximum atomic E-state index is 13.3. The Morgan fingerprint density at radius 1 is 1.26 bits per heavy atom. The largest absolute Gasteiger partial charge is 0.368 e. The fourth-order valence-corrected chi connectivity index (χ4v) is 5.63. The second-order valence-electron chi connectivity index (χ2n) is 7.72. The number of carbonyl (C=O) groups excluding carboxylic acids is 2. The Hall–Kier alpha value is -2.28. The van der Waals surface area contributed by atoms with Gasteiger partial charge < -0.3 is 10.6 Å². The molecule has 1 aliphatic carbocycles. The lowest BCUT2D eigenvalue weighted by Crippen LogP contribution is -2.46. The molecule has 1 aromatic heterocycles. The van der Waals surface area contributed by atoms with E-state index in [4.69, 9.17) is 5.73 Å². The molecule has 4 rings (SSSR count). The summed E-state index contributed by atoms with van der Waals surface area (Å²) >= 11 is 1.39. The van der Waals surface area contributed by atoms with Crippen LogP contribution in [0.2, 0.25) is 0 Å². The molecule has 7 heteroatoms. The van der Waals surface area contributed by atoms with Crippen molar-refractivity contribution in [2.75, 3.05) is 6.54 Å². The van der Waals surface area contributed by atoms with Crippen LogP contribution >= 0.6 is 11.3 Å². The molecule has 27 heavy (non-hydrogen) atoms. The number of amides is 2. The number of carbonyl (C=O) groups is 2. The van der Waals surface area contributed by atoms with Gasteiger partial charge in [0.05, 0.1) is 9.88 Å². The Morgan fingerprint density at radius 3 is 2.63 bits per heavy atom. The molecule has 1 aliphatic heterocycles. The number of nitrogens with two attached hydrogens (primary N) is 1. The highest BCUT2D eigenvalue weighted by molar-refractivity contribution is 7.15. The first kappa shape index (κ1) is 18.1. The third-order valence-corrected chi connectivity index (χ3v) is 6.77. The molecule has 2 heterocycles. The summed E-state index contributed by atoms with van der Waals surface area (Å²) in [5.74, 6) is -0.0331. The molecule has 0 bridgehead atoms. The van der Waals surface area contributed by atoms with Gasteiger partial charge in [0, 0.05) is 6.54 Å². The van der Waals surface area contributed by atoms with Crippen molar-refractivity contribution in [1.82, 2.24) is 9.88 Å². The van der Waals surface area contributed by atoms with E-state index in [0.29, 0.717) is 29.0 Å². The van der Waals surface area contributed by atoms with Crippen molar-refractivity contribution in [1.29, 1.82) is 0 Å². The highest BCUT2D eigenvalue weighted by Gasteiger charge is 2.51. The van der Waals surface area contributed by atoms with Crippen molar-refractivity contribution >= 4 is 23.2 Å². The number of primary amides is 1. The smallest absolute Gasteiger partial charge is 0.274 e. The lowest BCUT2D eigenvalue weighted by molar-refractivity contribution is -0.122. The summed E-state index contributed by atoms with van der Waals surface area (Å²) in [4.78, 5) is 32.3. The van der Waals surface area contributed by atoms with Crippen LogP contribution in [-0.4, -0.2) is 34.3 Å². The van der Waals surface area contributed by atoms with Crippen molar-refractivity contribution in [3.63, 3.8) is 0 Å². The monoisotopic (exact) mass is 387 g/mol. The SMILES string of the molecule is Cc1nc(C(=O)N2CC3CC(C)CC3C2C(N)=O)c(-c2ccc(F)cc2)s1. The number of aryl methyl sites for hydroxylation is 1. The van der Waals surface area contributed by atoms with E-state index in [-0.39, 0.29) is 17.6 Å². The standard InChI is InChI=1S/C20H22FN3O2S/c1-10-7-13-9-24(17(19(22)25)15(13)8-10)20(26)16-18(27-11(2)23-16)12-3-5-14(21)6-4-12/h3-6,10,13,15,17H,7-9H2,1-2H3,(H2,22,25). The van der Waals surface area contributed by atoms with Crippen LogP contribution in [0.3, 0.4) is 0 Å². The minimum absolute atomic E-state index is 0.135. The number of nitrogens with zero attached hydrogens (tertiary/aromatic N) is 2. The summed E-state index contributed by atoms with van der Waals surface area (Å²) in [5.41, 5.74) is 6.75. The molecular weight excluding hydrogens is 365 g/mol. The van der Waals surface area contributed by atoms with Crippen LogP contribution in [0.5, 0.6) is 0 Å². The van der Waals surface area contributed by atoms with Gasteiger partial charge in [-0.2, -0.15) is 0 Å². The average molecular weight is 387 g/mol. The van der Waals surface area contributed by atoms with Crippen LogP contribution in [-0.2, 0) is 4.79 Å². The highest BCUT2D eigenvalue weighted by atomic mass is 32.1. The fourth-order valence-electron chi connectivity index (χ4n) is 4.72. The van der Waals surface area contributed by atoms with Crippen LogP contribution < -0.4 is 5.73 Å². The fraction of sp³-hybridized carbons (Fsp3) is 0.450. The number of benzene rings is 1. The molecule has 1 saturated heterocycles. The van der Waals surface area contributed by atoms with Crippen molar-refractivity contribution < 1.29 is 14.0 Å². The first-order valence-corrected chi connectivity index (χ1v) is 10.0. The summed E-state index contributed by atoms with van der Waals surface area (Å²) in [6, 6.07) is 5.45. The van der Waals surface area contributed by atoms with E-state index in [1.807, 2.05) is 6.92 Å². The maximum absolute atomic E-state index is 13.3. The van der Waals surface area contributed by atoms with E-state index in [2.05, 4.69) is 11.9 Å². The molecule has 2 fully saturated rings. The van der Waals surface area contributed by atoms with Crippen LogP contribution in [0, 0.1) is 30.5 Å². The molecule has 5 nitrogen and oxygen atoms in total. The number of fused-ring (bicyclic) bond motifs is 1. The van der Waals surface area contributed by atoms with Crippen LogP contribution in [0.1, 0.15) is 35.3 Å². The number of aromatic nitrogens is 1. The number of likely N-dealkylation sites (tertiary alicyclic amines) is 1. The van der Waals surface area contributed by atoms with Gasteiger partial charge in [0.25, 0.3) is 5.91 Å². The number of halogens is 1. The summed E-state index contributed by atoms with van der Waals surface area (Å²) in [6.45, 7) is 4.56. The first-order chi connectivity index (χ1) is 12.8. The summed E-state index contributed by atoms with van der Waals surface area (Å²) < 4.78 is 13.3. The lowest BCUT2D eigenvalue weighted by atomic mass is 9.93. The zero-order valence-corrected chi connectivity index (χ0v) is 16.1. The second kappa shape index (κ2) is 6.71. The zero-order valence-electron chi connectivity index (χ0n) is 15.3. The molecule has 4 atom stereocenters. The third kappa shape index (κ3) is 3.14. The topological polar surface area (TPSA) is 76.3 Å². The number of hydrogen-bond acceptors (Lipinski definition) is 4. The molecule has 1 saturated carbocycles. The van der Waals surface area contributed by atoms with Gasteiger partial charge in [-0.1, -0.05) is 19.1 Å². The molecule has 0 spiro atoms. The van der Waals surface area contributed by atoms with Gasteiger partial charge in [0.1, 0.15) is 17.6 Å². The lowest BCUT2D eigenvalue weighted by Gasteiger charge is -2.25. The van der Waals surface area contributed by atoms with Gasteiger partial charge in [-0.25, -0.2) is 9.37 Å². The van der Waals surface area contributed by atoms with Crippen molar-refractivity contribution in [3.8, 4) is 10.4 Å². The minimum Gasteiger partial charge on any atom is -0.368 e. The molecule has 4 unspecified atom stereocenters. The Balaban J connectivity index is 1.69. The van der Waals surface area contributed by atoms with Gasteiger partial charge in [-0.3, -0.25) is 9.59 Å². The minimum atomic E-state index is -0.574. The quantitative estimate of drug-likeness (QED) is 0.878. The molecule has 0 radical (unpaired) electrons. The predicted octanol–water partition coefficient (Wildman–Crippen LogP) is 3.23. The van der Waals surface area contributed by atoms with Gasteiger partial charge in [-0.15, -0.1) is 11.3 Å². The van der Waals surface area contributed by atoms with Gasteiger partial charge in [0.2, 0.25) is 5.91 Å². The number of rotatable bonds is 3. The van der Waals surface area contributed by atoms with Crippen molar-refractivity contribution in [3.05, 3.63) is 40.8 Å². The maximum Gasteiger partial charge on any atom is 0.274 e. The normalized spacial score (nSPS) is 27.0. The van der Waals surface area contributed by atoms with E-state index < -0.39 is 11.9 Å². The molecular formula is C20H22FN3O2S. The summed E-state index contributed by atoms with van der Waals surface area (Å²) in [7, 11) is 0. The molecule has 142 valence electrons. The van der Waals surface area contributed by atoms with E-state index in [9.17, 15) is 14.0 Å².